The van der Waals surface area contributed by atoms with Gasteiger partial charge in [-0.1, -0.05) is 29.8 Å². The van der Waals surface area contributed by atoms with Crippen molar-refractivity contribution >= 4 is 5.78 Å². The van der Waals surface area contributed by atoms with Gasteiger partial charge in [-0.05, 0) is 12.5 Å². The highest BCUT2D eigenvalue weighted by atomic mass is 16.1. The van der Waals surface area contributed by atoms with E-state index in [0.29, 0.717) is 12.8 Å². The van der Waals surface area contributed by atoms with Gasteiger partial charge in [-0.3, -0.25) is 4.79 Å². The Bertz CT molecular complexity index is 457. The molecule has 0 amide bonds. The molecule has 0 aliphatic rings. The van der Waals surface area contributed by atoms with E-state index in [2.05, 4.69) is 9.97 Å². The standard InChI is InChI=1S/C13H14N2O/c1-10-2-4-11(5-3-10)8-12(16)9-13-14-6-7-15-13/h2-7H,8-9H2,1H3,(H,14,15). The van der Waals surface area contributed by atoms with Crippen LogP contribution in [0.3, 0.4) is 0 Å². The first kappa shape index (κ1) is 10.6. The second-order valence-corrected chi connectivity index (χ2v) is 3.91. The fourth-order valence-electron chi connectivity index (χ4n) is 1.58. The van der Waals surface area contributed by atoms with Gasteiger partial charge in [-0.2, -0.15) is 0 Å². The van der Waals surface area contributed by atoms with E-state index in [4.69, 9.17) is 0 Å². The molecule has 1 aromatic heterocycles. The monoisotopic (exact) mass is 214 g/mol. The number of imidazole rings is 1. The Labute approximate surface area is 94.5 Å². The summed E-state index contributed by atoms with van der Waals surface area (Å²) >= 11 is 0. The summed E-state index contributed by atoms with van der Waals surface area (Å²) in [6.45, 7) is 2.04. The highest BCUT2D eigenvalue weighted by Crippen LogP contribution is 2.05. The number of aromatic amines is 1. The first-order chi connectivity index (χ1) is 7.74. The van der Waals surface area contributed by atoms with E-state index in [1.165, 1.54) is 5.56 Å². The number of ketones is 1. The summed E-state index contributed by atoms with van der Waals surface area (Å²) in [5.74, 6) is 0.913. The van der Waals surface area contributed by atoms with Crippen molar-refractivity contribution in [2.24, 2.45) is 0 Å². The molecular weight excluding hydrogens is 200 g/mol. The smallest absolute Gasteiger partial charge is 0.144 e. The highest BCUT2D eigenvalue weighted by Gasteiger charge is 2.06. The maximum Gasteiger partial charge on any atom is 0.144 e. The predicted octanol–water partition coefficient (Wildman–Crippen LogP) is 2.07. The number of Topliss-reactive ketones (excluding diaryl/α,β-unsaturated/α-hetero) is 1. The zero-order valence-corrected chi connectivity index (χ0v) is 9.23. The molecule has 0 unspecified atom stereocenters. The molecule has 3 nitrogen and oxygen atoms in total. The van der Waals surface area contributed by atoms with E-state index in [1.54, 1.807) is 12.4 Å². The second-order valence-electron chi connectivity index (χ2n) is 3.91. The first-order valence-corrected chi connectivity index (χ1v) is 5.29. The summed E-state index contributed by atoms with van der Waals surface area (Å²) in [6.07, 6.45) is 4.24. The van der Waals surface area contributed by atoms with Gasteiger partial charge >= 0.3 is 0 Å². The summed E-state index contributed by atoms with van der Waals surface area (Å²) in [7, 11) is 0. The number of nitrogens with zero attached hydrogens (tertiary/aromatic N) is 1. The molecule has 82 valence electrons. The van der Waals surface area contributed by atoms with Gasteiger partial charge < -0.3 is 4.98 Å². The summed E-state index contributed by atoms with van der Waals surface area (Å²) in [5.41, 5.74) is 2.27. The lowest BCUT2D eigenvalue weighted by molar-refractivity contribution is -0.117. The fraction of sp³-hybridized carbons (Fsp3) is 0.231. The Morgan fingerprint density at radius 1 is 1.25 bits per heavy atom. The van der Waals surface area contributed by atoms with Crippen LogP contribution in [-0.2, 0) is 17.6 Å². The van der Waals surface area contributed by atoms with Gasteiger partial charge in [0.05, 0.1) is 6.42 Å². The Hall–Kier alpha value is -1.90. The number of aryl methyl sites for hydroxylation is 1. The van der Waals surface area contributed by atoms with E-state index in [0.717, 1.165) is 11.4 Å². The predicted molar refractivity (Wildman–Crippen MR) is 62.2 cm³/mol. The van der Waals surface area contributed by atoms with Crippen LogP contribution in [0.25, 0.3) is 0 Å². The topological polar surface area (TPSA) is 45.8 Å². The van der Waals surface area contributed by atoms with Crippen molar-refractivity contribution in [1.82, 2.24) is 9.97 Å². The zero-order chi connectivity index (χ0) is 11.4. The third-order valence-electron chi connectivity index (χ3n) is 2.44. The Morgan fingerprint density at radius 3 is 2.62 bits per heavy atom. The molecule has 0 aliphatic heterocycles. The molecule has 0 radical (unpaired) electrons. The molecule has 3 heteroatoms. The number of carbonyl (C=O) groups excluding carboxylic acids is 1. The van der Waals surface area contributed by atoms with E-state index < -0.39 is 0 Å². The van der Waals surface area contributed by atoms with Gasteiger partial charge in [-0.25, -0.2) is 4.98 Å². The van der Waals surface area contributed by atoms with Crippen LogP contribution in [-0.4, -0.2) is 15.8 Å². The third-order valence-corrected chi connectivity index (χ3v) is 2.44. The molecule has 2 rings (SSSR count). The van der Waals surface area contributed by atoms with Crippen LogP contribution < -0.4 is 0 Å². The van der Waals surface area contributed by atoms with Crippen molar-refractivity contribution < 1.29 is 4.79 Å². The fourth-order valence-corrected chi connectivity index (χ4v) is 1.58. The van der Waals surface area contributed by atoms with Crippen LogP contribution in [0, 0.1) is 6.92 Å². The van der Waals surface area contributed by atoms with Gasteiger partial charge in [0.25, 0.3) is 0 Å². The largest absolute Gasteiger partial charge is 0.348 e. The van der Waals surface area contributed by atoms with Crippen LogP contribution in [0.2, 0.25) is 0 Å². The number of nitrogens with one attached hydrogen (secondary N) is 1. The molecular formula is C13H14N2O. The van der Waals surface area contributed by atoms with Crippen LogP contribution >= 0.6 is 0 Å². The van der Waals surface area contributed by atoms with Gasteiger partial charge in [0.1, 0.15) is 11.6 Å². The van der Waals surface area contributed by atoms with Crippen LogP contribution in [0.5, 0.6) is 0 Å². The Balaban J connectivity index is 1.95. The van der Waals surface area contributed by atoms with E-state index in [1.807, 2.05) is 31.2 Å². The first-order valence-electron chi connectivity index (χ1n) is 5.29. The van der Waals surface area contributed by atoms with Crippen LogP contribution in [0.15, 0.2) is 36.7 Å². The minimum atomic E-state index is 0.179. The average molecular weight is 214 g/mol. The van der Waals surface area contributed by atoms with Gasteiger partial charge in [-0.15, -0.1) is 0 Å². The molecule has 0 bridgehead atoms. The molecule has 2 aromatic rings. The van der Waals surface area contributed by atoms with E-state index in [-0.39, 0.29) is 5.78 Å². The molecule has 0 saturated carbocycles. The number of hydrogen-bond donors (Lipinski definition) is 1. The minimum absolute atomic E-state index is 0.179. The summed E-state index contributed by atoms with van der Waals surface area (Å²) in [5, 5.41) is 0. The van der Waals surface area contributed by atoms with Crippen molar-refractivity contribution in [2.75, 3.05) is 0 Å². The number of hydrogen-bond acceptors (Lipinski definition) is 2. The average Bonchev–Trinajstić information content (AvgIpc) is 2.74. The van der Waals surface area contributed by atoms with E-state index in [9.17, 15) is 4.79 Å². The molecule has 16 heavy (non-hydrogen) atoms. The number of benzene rings is 1. The molecule has 1 heterocycles. The Morgan fingerprint density at radius 2 is 2.00 bits per heavy atom. The SMILES string of the molecule is Cc1ccc(CC(=O)Cc2ncc[nH]2)cc1. The highest BCUT2D eigenvalue weighted by molar-refractivity contribution is 5.82. The molecule has 0 saturated heterocycles. The van der Waals surface area contributed by atoms with Crippen LogP contribution in [0.4, 0.5) is 0 Å². The number of H-pyrrole nitrogens is 1. The molecule has 1 N–H and O–H groups in total. The molecule has 0 fully saturated rings. The summed E-state index contributed by atoms with van der Waals surface area (Å²) in [4.78, 5) is 18.7. The van der Waals surface area contributed by atoms with Crippen molar-refractivity contribution in [1.29, 1.82) is 0 Å². The minimum Gasteiger partial charge on any atom is -0.348 e. The van der Waals surface area contributed by atoms with Gasteiger partial charge in [0, 0.05) is 18.8 Å². The lowest BCUT2D eigenvalue weighted by Crippen LogP contribution is -2.07. The molecule has 1 aromatic carbocycles. The lowest BCUT2D eigenvalue weighted by Gasteiger charge is -2.00. The number of carbonyl (C=O) groups is 1. The van der Waals surface area contributed by atoms with Crippen molar-refractivity contribution in [2.45, 2.75) is 19.8 Å². The zero-order valence-electron chi connectivity index (χ0n) is 9.23. The third kappa shape index (κ3) is 2.79. The summed E-state index contributed by atoms with van der Waals surface area (Å²) in [6, 6.07) is 8.04. The van der Waals surface area contributed by atoms with E-state index >= 15 is 0 Å². The van der Waals surface area contributed by atoms with Crippen molar-refractivity contribution in [3.63, 3.8) is 0 Å². The lowest BCUT2D eigenvalue weighted by atomic mass is 10.1. The van der Waals surface area contributed by atoms with Crippen molar-refractivity contribution in [3.8, 4) is 0 Å². The number of aromatic nitrogens is 2. The maximum atomic E-state index is 11.7. The quantitative estimate of drug-likeness (QED) is 0.846. The second kappa shape index (κ2) is 4.75. The van der Waals surface area contributed by atoms with Crippen molar-refractivity contribution in [3.05, 3.63) is 53.6 Å². The van der Waals surface area contributed by atoms with Gasteiger partial charge in [0.15, 0.2) is 0 Å². The van der Waals surface area contributed by atoms with Gasteiger partial charge in [0.2, 0.25) is 0 Å². The molecule has 0 aliphatic carbocycles. The Kier molecular flexibility index (Phi) is 3.15. The molecule has 0 atom stereocenters. The van der Waals surface area contributed by atoms with Crippen LogP contribution in [0.1, 0.15) is 17.0 Å². The molecule has 0 spiro atoms. The maximum absolute atomic E-state index is 11.7. The number of rotatable bonds is 4. The summed E-state index contributed by atoms with van der Waals surface area (Å²) < 4.78 is 0. The normalized spacial score (nSPS) is 10.3.